The molecule has 0 saturated heterocycles. The number of carbonyl (C=O) groups is 2. The highest BCUT2D eigenvalue weighted by atomic mass is 16.4. The van der Waals surface area contributed by atoms with Gasteiger partial charge < -0.3 is 20.6 Å². The van der Waals surface area contributed by atoms with Crippen LogP contribution in [-0.2, 0) is 4.79 Å². The normalized spacial score (nSPS) is 15.6. The van der Waals surface area contributed by atoms with Crippen molar-refractivity contribution < 1.29 is 14.7 Å². The van der Waals surface area contributed by atoms with E-state index in [9.17, 15) is 9.59 Å². The summed E-state index contributed by atoms with van der Waals surface area (Å²) < 4.78 is 0. The molecule has 2 amide bonds. The van der Waals surface area contributed by atoms with Crippen LogP contribution in [0.4, 0.5) is 4.79 Å². The second-order valence-corrected chi connectivity index (χ2v) is 5.55. The van der Waals surface area contributed by atoms with Gasteiger partial charge >= 0.3 is 12.0 Å². The first-order valence-electron chi connectivity index (χ1n) is 6.28. The van der Waals surface area contributed by atoms with Crippen molar-refractivity contribution in [1.29, 1.82) is 0 Å². The van der Waals surface area contributed by atoms with Crippen molar-refractivity contribution >= 4 is 12.0 Å². The van der Waals surface area contributed by atoms with Crippen molar-refractivity contribution in [3.8, 4) is 0 Å². The summed E-state index contributed by atoms with van der Waals surface area (Å²) in [4.78, 5) is 24.4. The van der Waals surface area contributed by atoms with Gasteiger partial charge in [-0.1, -0.05) is 0 Å². The lowest BCUT2D eigenvalue weighted by Gasteiger charge is -2.24. The number of likely N-dealkylation sites (N-methyl/N-ethyl adjacent to an activating group) is 1. The van der Waals surface area contributed by atoms with Crippen LogP contribution in [0.25, 0.3) is 0 Å². The number of hydrogen-bond donors (Lipinski definition) is 3. The first-order chi connectivity index (χ1) is 8.30. The summed E-state index contributed by atoms with van der Waals surface area (Å²) in [5, 5.41) is 14.1. The van der Waals surface area contributed by atoms with E-state index >= 15 is 0 Å². The Bertz CT molecular complexity index is 314. The molecule has 3 N–H and O–H groups in total. The Kier molecular flexibility index (Phi) is 4.95. The maximum Gasteiger partial charge on any atom is 0.315 e. The molecule has 0 bridgehead atoms. The Balaban J connectivity index is 2.17. The number of rotatable bonds is 7. The van der Waals surface area contributed by atoms with Gasteiger partial charge in [-0.25, -0.2) is 4.79 Å². The highest BCUT2D eigenvalue weighted by Crippen LogP contribution is 2.24. The van der Waals surface area contributed by atoms with Crippen LogP contribution >= 0.6 is 0 Å². The predicted octanol–water partition coefficient (Wildman–Crippen LogP) is 0.633. The predicted molar refractivity (Wildman–Crippen MR) is 68.5 cm³/mol. The fourth-order valence-corrected chi connectivity index (χ4v) is 1.82. The van der Waals surface area contributed by atoms with E-state index in [4.69, 9.17) is 5.11 Å². The summed E-state index contributed by atoms with van der Waals surface area (Å²) in [6, 6.07) is 0.365. The molecule has 0 aromatic carbocycles. The fourth-order valence-electron chi connectivity index (χ4n) is 1.82. The smallest absolute Gasteiger partial charge is 0.315 e. The number of hydrogen-bond acceptors (Lipinski definition) is 3. The maximum atomic E-state index is 11.6. The van der Waals surface area contributed by atoms with E-state index in [1.54, 1.807) is 13.8 Å². The standard InChI is InChI=1S/C12H23N3O3/c1-12(2,8-10(16)17)14-11(18)13-6-7-15(3)9-4-5-9/h9H,4-8H2,1-3H3,(H,16,17)(H2,13,14,18). The molecular formula is C12H23N3O3. The minimum Gasteiger partial charge on any atom is -0.481 e. The molecule has 1 rings (SSSR count). The summed E-state index contributed by atoms with van der Waals surface area (Å²) in [5.74, 6) is -0.922. The molecule has 0 aliphatic heterocycles. The molecule has 1 aliphatic rings. The third-order valence-electron chi connectivity index (χ3n) is 2.97. The van der Waals surface area contributed by atoms with Gasteiger partial charge in [0.25, 0.3) is 0 Å². The Hall–Kier alpha value is -1.30. The van der Waals surface area contributed by atoms with E-state index in [1.165, 1.54) is 12.8 Å². The molecule has 18 heavy (non-hydrogen) atoms. The van der Waals surface area contributed by atoms with Crippen molar-refractivity contribution in [3.63, 3.8) is 0 Å². The summed E-state index contributed by atoms with van der Waals surface area (Å²) in [7, 11) is 2.05. The van der Waals surface area contributed by atoms with Crippen molar-refractivity contribution in [1.82, 2.24) is 15.5 Å². The summed E-state index contributed by atoms with van der Waals surface area (Å²) in [6.45, 7) is 4.77. The molecule has 6 heteroatoms. The lowest BCUT2D eigenvalue weighted by Crippen LogP contribution is -2.50. The summed E-state index contributed by atoms with van der Waals surface area (Å²) in [6.07, 6.45) is 2.39. The van der Waals surface area contributed by atoms with Gasteiger partial charge in [0, 0.05) is 24.7 Å². The van der Waals surface area contributed by atoms with Gasteiger partial charge in [0.15, 0.2) is 0 Å². The average Bonchev–Trinajstić information content (AvgIpc) is 2.96. The second-order valence-electron chi connectivity index (χ2n) is 5.55. The molecule has 0 spiro atoms. The van der Waals surface area contributed by atoms with E-state index in [1.807, 2.05) is 7.05 Å². The van der Waals surface area contributed by atoms with Crippen LogP contribution in [0.15, 0.2) is 0 Å². The molecule has 6 nitrogen and oxygen atoms in total. The van der Waals surface area contributed by atoms with Crippen LogP contribution in [0.5, 0.6) is 0 Å². The number of amides is 2. The molecule has 0 atom stereocenters. The van der Waals surface area contributed by atoms with E-state index in [2.05, 4.69) is 15.5 Å². The first-order valence-corrected chi connectivity index (χ1v) is 6.28. The van der Waals surface area contributed by atoms with Crippen molar-refractivity contribution in [2.75, 3.05) is 20.1 Å². The average molecular weight is 257 g/mol. The SMILES string of the molecule is CN(CCNC(=O)NC(C)(C)CC(=O)O)C1CC1. The van der Waals surface area contributed by atoms with Crippen molar-refractivity contribution in [2.24, 2.45) is 0 Å². The minimum absolute atomic E-state index is 0.0948. The molecule has 104 valence electrons. The third kappa shape index (κ3) is 5.86. The third-order valence-corrected chi connectivity index (χ3v) is 2.97. The quantitative estimate of drug-likeness (QED) is 0.625. The fraction of sp³-hybridized carbons (Fsp3) is 0.833. The van der Waals surface area contributed by atoms with Crippen LogP contribution in [0.2, 0.25) is 0 Å². The zero-order valence-corrected chi connectivity index (χ0v) is 11.3. The van der Waals surface area contributed by atoms with E-state index < -0.39 is 11.5 Å². The first kappa shape index (κ1) is 14.8. The highest BCUT2D eigenvalue weighted by Gasteiger charge is 2.26. The minimum atomic E-state index is -0.922. The molecule has 0 aromatic rings. The number of aliphatic carboxylic acids is 1. The maximum absolute atomic E-state index is 11.6. The molecule has 1 saturated carbocycles. The Morgan fingerprint density at radius 3 is 2.50 bits per heavy atom. The summed E-state index contributed by atoms with van der Waals surface area (Å²) in [5.41, 5.74) is -0.738. The van der Waals surface area contributed by atoms with Crippen LogP contribution in [0.3, 0.4) is 0 Å². The zero-order valence-electron chi connectivity index (χ0n) is 11.3. The van der Waals surface area contributed by atoms with Gasteiger partial charge in [0.1, 0.15) is 0 Å². The van der Waals surface area contributed by atoms with Crippen molar-refractivity contribution in [3.05, 3.63) is 0 Å². The summed E-state index contributed by atoms with van der Waals surface area (Å²) >= 11 is 0. The number of nitrogens with one attached hydrogen (secondary N) is 2. The molecular weight excluding hydrogens is 234 g/mol. The van der Waals surface area contributed by atoms with Gasteiger partial charge in [-0.15, -0.1) is 0 Å². The van der Waals surface area contributed by atoms with Crippen molar-refractivity contribution in [2.45, 2.75) is 44.7 Å². The Morgan fingerprint density at radius 2 is 2.00 bits per heavy atom. The number of urea groups is 1. The topological polar surface area (TPSA) is 81.7 Å². The number of carboxylic acids is 1. The molecule has 1 fully saturated rings. The highest BCUT2D eigenvalue weighted by molar-refractivity contribution is 5.76. The van der Waals surface area contributed by atoms with Crippen LogP contribution in [0.1, 0.15) is 33.1 Å². The molecule has 0 aromatic heterocycles. The van der Waals surface area contributed by atoms with Gasteiger partial charge in [0.05, 0.1) is 6.42 Å². The second kappa shape index (κ2) is 6.04. The largest absolute Gasteiger partial charge is 0.481 e. The molecule has 0 unspecified atom stereocenters. The molecule has 1 aliphatic carbocycles. The van der Waals surface area contributed by atoms with E-state index in [0.29, 0.717) is 12.6 Å². The number of carbonyl (C=O) groups excluding carboxylic acids is 1. The van der Waals surface area contributed by atoms with Crippen LogP contribution < -0.4 is 10.6 Å². The molecule has 0 heterocycles. The lowest BCUT2D eigenvalue weighted by molar-refractivity contribution is -0.138. The monoisotopic (exact) mass is 257 g/mol. The molecule has 0 radical (unpaired) electrons. The number of nitrogens with zero attached hydrogens (tertiary/aromatic N) is 1. The lowest BCUT2D eigenvalue weighted by atomic mass is 10.0. The van der Waals surface area contributed by atoms with E-state index in [0.717, 1.165) is 6.54 Å². The van der Waals surface area contributed by atoms with Gasteiger partial charge in [-0.2, -0.15) is 0 Å². The van der Waals surface area contributed by atoms with Gasteiger partial charge in [-0.3, -0.25) is 4.79 Å². The Morgan fingerprint density at radius 1 is 1.39 bits per heavy atom. The Labute approximate surface area is 108 Å². The van der Waals surface area contributed by atoms with Gasteiger partial charge in [0.2, 0.25) is 0 Å². The number of carboxylic acid groups (broad SMARTS) is 1. The van der Waals surface area contributed by atoms with Gasteiger partial charge in [-0.05, 0) is 33.7 Å². The van der Waals surface area contributed by atoms with E-state index in [-0.39, 0.29) is 12.5 Å². The zero-order chi connectivity index (χ0) is 13.8. The van der Waals surface area contributed by atoms with Crippen LogP contribution in [0, 0.1) is 0 Å². The van der Waals surface area contributed by atoms with Crippen LogP contribution in [-0.4, -0.2) is 53.7 Å².